The Morgan fingerprint density at radius 1 is 1.23 bits per heavy atom. The molecule has 0 radical (unpaired) electrons. The van der Waals surface area contributed by atoms with Gasteiger partial charge in [-0.15, -0.1) is 11.8 Å². The maximum Gasteiger partial charge on any atom is 0.419 e. The van der Waals surface area contributed by atoms with Crippen molar-refractivity contribution in [3.05, 3.63) is 53.3 Å². The van der Waals surface area contributed by atoms with Crippen LogP contribution < -0.4 is 5.32 Å². The fraction of sp³-hybridized carbons (Fsp3) is 0.429. The monoisotopic (exact) mass is 558 g/mol. The molecule has 11 heteroatoms. The number of rotatable bonds is 6. The van der Waals surface area contributed by atoms with Crippen LogP contribution in [0.5, 0.6) is 0 Å². The van der Waals surface area contributed by atoms with Crippen LogP contribution >= 0.6 is 11.8 Å². The lowest BCUT2D eigenvalue weighted by Crippen LogP contribution is -2.42. The highest BCUT2D eigenvalue weighted by Gasteiger charge is 2.36. The first-order valence-electron chi connectivity index (χ1n) is 12.3. The summed E-state index contributed by atoms with van der Waals surface area (Å²) in [5.74, 6) is 5.87. The van der Waals surface area contributed by atoms with Gasteiger partial charge < -0.3 is 15.3 Å². The van der Waals surface area contributed by atoms with Crippen LogP contribution in [-0.2, 0) is 15.8 Å². The van der Waals surface area contributed by atoms with E-state index in [0.29, 0.717) is 19.2 Å². The number of hydrogen-bond donors (Lipinski definition) is 2. The van der Waals surface area contributed by atoms with Crippen LogP contribution in [0.4, 0.5) is 18.9 Å². The first kappa shape index (κ1) is 30.0. The number of hydrogen-bond acceptors (Lipinski definition) is 6. The van der Waals surface area contributed by atoms with Crippen molar-refractivity contribution in [2.24, 2.45) is 11.8 Å². The van der Waals surface area contributed by atoms with Gasteiger partial charge in [-0.1, -0.05) is 25.7 Å². The van der Waals surface area contributed by atoms with E-state index in [1.165, 1.54) is 24.8 Å². The van der Waals surface area contributed by atoms with Crippen LogP contribution in [0, 0.1) is 35.0 Å². The first-order chi connectivity index (χ1) is 18.3. The van der Waals surface area contributed by atoms with E-state index in [1.54, 1.807) is 0 Å². The summed E-state index contributed by atoms with van der Waals surface area (Å²) in [5, 5.41) is 21.7. The number of carbonyl (C=O) groups excluding carboxylic acids is 2. The SMILES string of the molecule is CC(C)C(=O)N1CCC(C#Cc2ccc(SCC(C)(O)C(=O)Nc3cnc(C#N)c(C(F)(F)F)c3)cc2)CC1. The van der Waals surface area contributed by atoms with E-state index >= 15 is 0 Å². The highest BCUT2D eigenvalue weighted by atomic mass is 32.2. The minimum atomic E-state index is -4.82. The number of carbonyl (C=O) groups is 2. The van der Waals surface area contributed by atoms with Gasteiger partial charge in [0.15, 0.2) is 5.69 Å². The van der Waals surface area contributed by atoms with Crippen molar-refractivity contribution in [1.29, 1.82) is 5.26 Å². The largest absolute Gasteiger partial charge is 0.419 e. The van der Waals surface area contributed by atoms with Crippen molar-refractivity contribution in [3.63, 3.8) is 0 Å². The minimum Gasteiger partial charge on any atom is -0.379 e. The minimum absolute atomic E-state index is 0.00609. The number of nitrogens with one attached hydrogen (secondary N) is 1. The van der Waals surface area contributed by atoms with Gasteiger partial charge in [-0.05, 0) is 50.1 Å². The van der Waals surface area contributed by atoms with Gasteiger partial charge in [0.25, 0.3) is 5.91 Å². The molecule has 2 aromatic rings. The zero-order chi connectivity index (χ0) is 28.8. The summed E-state index contributed by atoms with van der Waals surface area (Å²) in [5.41, 5.74) is -3.44. The van der Waals surface area contributed by atoms with Crippen molar-refractivity contribution >= 4 is 29.3 Å². The van der Waals surface area contributed by atoms with Crippen LogP contribution in [0.1, 0.15) is 50.4 Å². The van der Waals surface area contributed by atoms with Gasteiger partial charge >= 0.3 is 6.18 Å². The molecule has 2 heterocycles. The lowest BCUT2D eigenvalue weighted by molar-refractivity contribution is -0.138. The Morgan fingerprint density at radius 3 is 2.44 bits per heavy atom. The second-order valence-corrected chi connectivity index (χ2v) is 10.8. The number of likely N-dealkylation sites (tertiary alicyclic amines) is 1. The van der Waals surface area contributed by atoms with Gasteiger partial charge in [0.05, 0.1) is 17.4 Å². The smallest absolute Gasteiger partial charge is 0.379 e. The molecule has 39 heavy (non-hydrogen) atoms. The third-order valence-corrected chi connectivity index (χ3v) is 7.45. The molecule has 1 aliphatic heterocycles. The molecule has 1 atom stereocenters. The average Bonchev–Trinajstić information content (AvgIpc) is 2.90. The lowest BCUT2D eigenvalue weighted by Gasteiger charge is -2.31. The van der Waals surface area contributed by atoms with Gasteiger partial charge in [-0.2, -0.15) is 18.4 Å². The fourth-order valence-electron chi connectivity index (χ4n) is 3.82. The molecule has 2 amide bonds. The van der Waals surface area contributed by atoms with Crippen molar-refractivity contribution in [1.82, 2.24) is 9.88 Å². The average molecular weight is 559 g/mol. The molecule has 2 N–H and O–H groups in total. The Kier molecular flexibility index (Phi) is 9.65. The van der Waals surface area contributed by atoms with E-state index in [4.69, 9.17) is 5.26 Å². The molecule has 1 fully saturated rings. The maximum absolute atomic E-state index is 13.2. The predicted octanol–water partition coefficient (Wildman–Crippen LogP) is 4.70. The number of pyridine rings is 1. The topological polar surface area (TPSA) is 106 Å². The molecule has 0 spiro atoms. The third-order valence-electron chi connectivity index (χ3n) is 6.14. The van der Waals surface area contributed by atoms with E-state index in [-0.39, 0.29) is 29.2 Å². The van der Waals surface area contributed by atoms with E-state index < -0.39 is 28.9 Å². The van der Waals surface area contributed by atoms with E-state index in [9.17, 15) is 27.9 Å². The summed E-state index contributed by atoms with van der Waals surface area (Å²) >= 11 is 1.20. The van der Waals surface area contributed by atoms with Crippen molar-refractivity contribution in [2.75, 3.05) is 24.2 Å². The van der Waals surface area contributed by atoms with E-state index in [2.05, 4.69) is 22.1 Å². The third kappa shape index (κ3) is 8.22. The highest BCUT2D eigenvalue weighted by Crippen LogP contribution is 2.33. The zero-order valence-corrected chi connectivity index (χ0v) is 22.6. The first-order valence-corrected chi connectivity index (χ1v) is 13.3. The standard InChI is InChI=1S/C28H29F3N4O3S/c1-18(2)25(36)35-12-10-20(11-13-35)5-4-19-6-8-22(9-7-19)39-17-27(3,38)26(37)34-21-14-23(28(29,30)31)24(15-32)33-16-21/h6-9,14,16,18,20,38H,10-13,17H2,1-3H3,(H,34,37). The van der Waals surface area contributed by atoms with Crippen molar-refractivity contribution in [3.8, 4) is 17.9 Å². The Balaban J connectivity index is 1.54. The van der Waals surface area contributed by atoms with Crippen molar-refractivity contribution < 1.29 is 27.9 Å². The zero-order valence-electron chi connectivity index (χ0n) is 21.8. The number of benzene rings is 1. The Hall–Kier alpha value is -3.54. The maximum atomic E-state index is 13.2. The number of aliphatic hydroxyl groups is 1. The fourth-order valence-corrected chi connectivity index (χ4v) is 4.73. The molecule has 206 valence electrons. The van der Waals surface area contributed by atoms with Crippen LogP contribution in [0.3, 0.4) is 0 Å². The van der Waals surface area contributed by atoms with Crippen LogP contribution in [0.2, 0.25) is 0 Å². The van der Waals surface area contributed by atoms with Crippen LogP contribution in [0.25, 0.3) is 0 Å². The second-order valence-electron chi connectivity index (χ2n) is 9.79. The molecule has 0 bridgehead atoms. The number of nitrogens with zero attached hydrogens (tertiary/aromatic N) is 3. The summed E-state index contributed by atoms with van der Waals surface area (Å²) < 4.78 is 39.5. The number of piperidine rings is 1. The van der Waals surface area contributed by atoms with Gasteiger partial charge in [0.2, 0.25) is 5.91 Å². The highest BCUT2D eigenvalue weighted by molar-refractivity contribution is 7.99. The number of amides is 2. The number of alkyl halides is 3. The Labute approximate surface area is 229 Å². The summed E-state index contributed by atoms with van der Waals surface area (Å²) in [6.07, 6.45) is -2.21. The summed E-state index contributed by atoms with van der Waals surface area (Å²) in [6, 6.07) is 9.28. The quantitative estimate of drug-likeness (QED) is 0.393. The lowest BCUT2D eigenvalue weighted by atomic mass is 9.96. The molecule has 1 aromatic heterocycles. The molecule has 1 aliphatic rings. The second kappa shape index (κ2) is 12.5. The molecule has 1 aromatic carbocycles. The number of nitriles is 1. The number of thioether (sulfide) groups is 1. The molecule has 3 rings (SSSR count). The van der Waals surface area contributed by atoms with Gasteiger partial charge in [-0.3, -0.25) is 9.59 Å². The van der Waals surface area contributed by atoms with Crippen LogP contribution in [-0.4, -0.2) is 51.2 Å². The molecular weight excluding hydrogens is 529 g/mol. The molecular formula is C28H29F3N4O3S. The summed E-state index contributed by atoms with van der Waals surface area (Å²) in [4.78, 5) is 30.8. The number of anilines is 1. The number of halogens is 3. The molecule has 7 nitrogen and oxygen atoms in total. The molecule has 1 saturated heterocycles. The molecule has 0 saturated carbocycles. The molecule has 1 unspecified atom stereocenters. The predicted molar refractivity (Wildman–Crippen MR) is 141 cm³/mol. The van der Waals surface area contributed by atoms with Crippen molar-refractivity contribution in [2.45, 2.75) is 50.3 Å². The van der Waals surface area contributed by atoms with E-state index in [0.717, 1.165) is 29.5 Å². The normalized spacial score (nSPS) is 15.6. The number of aromatic nitrogens is 1. The van der Waals surface area contributed by atoms with Gasteiger partial charge in [0, 0.05) is 41.1 Å². The van der Waals surface area contributed by atoms with Gasteiger partial charge in [-0.25, -0.2) is 4.98 Å². The van der Waals surface area contributed by atoms with Crippen LogP contribution in [0.15, 0.2) is 41.4 Å². The Morgan fingerprint density at radius 2 is 1.87 bits per heavy atom. The molecule has 0 aliphatic carbocycles. The van der Waals surface area contributed by atoms with Gasteiger partial charge in [0.1, 0.15) is 11.7 Å². The van der Waals surface area contributed by atoms with E-state index in [1.807, 2.05) is 43.0 Å². The summed E-state index contributed by atoms with van der Waals surface area (Å²) in [6.45, 7) is 6.49. The Bertz CT molecular complexity index is 1300. The summed E-state index contributed by atoms with van der Waals surface area (Å²) in [7, 11) is 0.